The van der Waals surface area contributed by atoms with Crippen LogP contribution in [0.4, 0.5) is 5.13 Å². The van der Waals surface area contributed by atoms with Crippen molar-refractivity contribution in [1.82, 2.24) is 25.0 Å². The van der Waals surface area contributed by atoms with E-state index in [2.05, 4.69) is 61.5 Å². The third kappa shape index (κ3) is 5.92. The predicted molar refractivity (Wildman–Crippen MR) is 125 cm³/mol. The van der Waals surface area contributed by atoms with Gasteiger partial charge in [0.1, 0.15) is 10.8 Å². The first-order chi connectivity index (χ1) is 15.2. The van der Waals surface area contributed by atoms with Crippen molar-refractivity contribution in [3.05, 3.63) is 46.7 Å². The molecular weight excluding hydrogens is 428 g/mol. The van der Waals surface area contributed by atoms with Gasteiger partial charge in [-0.2, -0.15) is 0 Å². The van der Waals surface area contributed by atoms with Gasteiger partial charge in [-0.05, 0) is 31.7 Å². The minimum Gasteiger partial charge on any atom is -0.306 e. The fraction of sp³-hybridized carbons (Fsp3) is 0.500. The fourth-order valence-corrected chi connectivity index (χ4v) is 5.66. The van der Waals surface area contributed by atoms with Gasteiger partial charge in [-0.1, -0.05) is 72.7 Å². The molecule has 31 heavy (non-hydrogen) atoms. The highest BCUT2D eigenvalue weighted by Crippen LogP contribution is 2.35. The van der Waals surface area contributed by atoms with Crippen LogP contribution in [0.25, 0.3) is 0 Å². The Morgan fingerprint density at radius 2 is 1.90 bits per heavy atom. The second kappa shape index (κ2) is 10.9. The zero-order valence-electron chi connectivity index (χ0n) is 17.8. The molecule has 0 saturated heterocycles. The number of amides is 1. The molecule has 1 aliphatic carbocycles. The number of nitrogens with zero attached hydrogens (tertiary/aromatic N) is 5. The van der Waals surface area contributed by atoms with Gasteiger partial charge >= 0.3 is 0 Å². The monoisotopic (exact) mass is 456 g/mol. The number of carbonyl (C=O) groups is 1. The van der Waals surface area contributed by atoms with Crippen molar-refractivity contribution in [2.45, 2.75) is 69.5 Å². The van der Waals surface area contributed by atoms with Crippen LogP contribution in [0.2, 0.25) is 0 Å². The van der Waals surface area contributed by atoms with Gasteiger partial charge in [0.2, 0.25) is 11.0 Å². The zero-order chi connectivity index (χ0) is 21.5. The van der Waals surface area contributed by atoms with Crippen LogP contribution in [0.15, 0.2) is 35.5 Å². The van der Waals surface area contributed by atoms with Crippen LogP contribution in [0.1, 0.15) is 61.3 Å². The fourth-order valence-electron chi connectivity index (χ4n) is 3.91. The van der Waals surface area contributed by atoms with Gasteiger partial charge in [0.25, 0.3) is 0 Å². The van der Waals surface area contributed by atoms with E-state index >= 15 is 0 Å². The van der Waals surface area contributed by atoms with Gasteiger partial charge in [0, 0.05) is 18.9 Å². The Bertz CT molecular complexity index is 981. The molecule has 1 aromatic carbocycles. The van der Waals surface area contributed by atoms with Crippen LogP contribution in [0.5, 0.6) is 0 Å². The highest BCUT2D eigenvalue weighted by Gasteiger charge is 2.20. The van der Waals surface area contributed by atoms with Gasteiger partial charge in [-0.3, -0.25) is 10.1 Å². The molecule has 0 atom stereocenters. The number of nitrogens with one attached hydrogen (secondary N) is 1. The van der Waals surface area contributed by atoms with Crippen LogP contribution in [-0.2, 0) is 24.2 Å². The van der Waals surface area contributed by atoms with Crippen molar-refractivity contribution < 1.29 is 4.79 Å². The SMILES string of the molecule is CCn1c(CCc2ccccc2)nnc1SCC(=O)Nc1nnc(C2CCCCC2)s1. The minimum absolute atomic E-state index is 0.0900. The number of hydrogen-bond acceptors (Lipinski definition) is 7. The van der Waals surface area contributed by atoms with E-state index in [0.29, 0.717) is 11.0 Å². The van der Waals surface area contributed by atoms with Gasteiger partial charge in [-0.15, -0.1) is 20.4 Å². The molecule has 4 rings (SSSR count). The Balaban J connectivity index is 1.29. The quantitative estimate of drug-likeness (QED) is 0.469. The molecule has 1 amide bonds. The summed E-state index contributed by atoms with van der Waals surface area (Å²) in [6.45, 7) is 2.86. The van der Waals surface area contributed by atoms with Crippen LogP contribution >= 0.6 is 23.1 Å². The maximum absolute atomic E-state index is 12.4. The predicted octanol–water partition coefficient (Wildman–Crippen LogP) is 4.71. The first kappa shape index (κ1) is 22.0. The van der Waals surface area contributed by atoms with E-state index in [0.717, 1.165) is 35.4 Å². The van der Waals surface area contributed by atoms with E-state index < -0.39 is 0 Å². The smallest absolute Gasteiger partial charge is 0.236 e. The molecule has 1 fully saturated rings. The van der Waals surface area contributed by atoms with Crippen molar-refractivity contribution in [2.75, 3.05) is 11.1 Å². The molecule has 0 unspecified atom stereocenters. The van der Waals surface area contributed by atoms with E-state index in [-0.39, 0.29) is 11.7 Å². The average Bonchev–Trinajstić information content (AvgIpc) is 3.44. The van der Waals surface area contributed by atoms with E-state index in [4.69, 9.17) is 0 Å². The number of thioether (sulfide) groups is 1. The Hall–Kier alpha value is -2.26. The first-order valence-corrected chi connectivity index (χ1v) is 12.7. The topological polar surface area (TPSA) is 85.6 Å². The second-order valence-electron chi connectivity index (χ2n) is 7.75. The number of rotatable bonds is 9. The van der Waals surface area contributed by atoms with Gasteiger partial charge in [0.05, 0.1) is 5.75 Å². The standard InChI is InChI=1S/C22H28N6OS2/c1-2-28-18(14-13-16-9-5-3-6-10-16)24-27-22(28)30-15-19(29)23-21-26-25-20(31-21)17-11-7-4-8-12-17/h3,5-6,9-10,17H,2,4,7-8,11-15H2,1H3,(H,23,26,29). The molecule has 0 radical (unpaired) electrons. The maximum Gasteiger partial charge on any atom is 0.236 e. The average molecular weight is 457 g/mol. The van der Waals surface area contributed by atoms with Gasteiger partial charge in [0.15, 0.2) is 5.16 Å². The maximum atomic E-state index is 12.4. The third-order valence-electron chi connectivity index (χ3n) is 5.56. The number of benzene rings is 1. The lowest BCUT2D eigenvalue weighted by Gasteiger charge is -2.18. The number of aromatic nitrogens is 5. The summed E-state index contributed by atoms with van der Waals surface area (Å²) >= 11 is 2.92. The molecule has 3 aromatic rings. The van der Waals surface area contributed by atoms with Crippen LogP contribution in [0.3, 0.4) is 0 Å². The third-order valence-corrected chi connectivity index (χ3v) is 7.53. The highest BCUT2D eigenvalue weighted by molar-refractivity contribution is 7.99. The van der Waals surface area contributed by atoms with Crippen molar-refractivity contribution in [3.63, 3.8) is 0 Å². The summed E-state index contributed by atoms with van der Waals surface area (Å²) in [5, 5.41) is 22.5. The molecule has 2 aromatic heterocycles. The van der Waals surface area contributed by atoms with E-state index in [9.17, 15) is 4.79 Å². The molecular formula is C22H28N6OS2. The van der Waals surface area contributed by atoms with Crippen LogP contribution in [-0.4, -0.2) is 36.6 Å². The molecule has 0 spiro atoms. The summed E-state index contributed by atoms with van der Waals surface area (Å²) in [7, 11) is 0. The Labute approximate surface area is 191 Å². The molecule has 9 heteroatoms. The molecule has 0 bridgehead atoms. The molecule has 164 valence electrons. The second-order valence-corrected chi connectivity index (χ2v) is 9.70. The highest BCUT2D eigenvalue weighted by atomic mass is 32.2. The lowest BCUT2D eigenvalue weighted by Crippen LogP contribution is -2.14. The number of aryl methyl sites for hydroxylation is 2. The molecule has 1 aliphatic rings. The lowest BCUT2D eigenvalue weighted by atomic mass is 9.90. The van der Waals surface area contributed by atoms with Gasteiger partial charge < -0.3 is 4.57 Å². The lowest BCUT2D eigenvalue weighted by molar-refractivity contribution is -0.113. The summed E-state index contributed by atoms with van der Waals surface area (Å²) in [5.41, 5.74) is 1.28. The van der Waals surface area contributed by atoms with Crippen molar-refractivity contribution in [2.24, 2.45) is 0 Å². The molecule has 7 nitrogen and oxygen atoms in total. The van der Waals surface area contributed by atoms with Crippen LogP contribution in [0, 0.1) is 0 Å². The van der Waals surface area contributed by atoms with E-state index in [1.807, 2.05) is 6.07 Å². The molecule has 2 heterocycles. The Kier molecular flexibility index (Phi) is 7.69. The van der Waals surface area contributed by atoms with E-state index in [1.165, 1.54) is 60.8 Å². The molecule has 1 saturated carbocycles. The number of carbonyl (C=O) groups excluding carboxylic acids is 1. The number of anilines is 1. The Morgan fingerprint density at radius 3 is 2.68 bits per heavy atom. The van der Waals surface area contributed by atoms with Gasteiger partial charge in [-0.25, -0.2) is 0 Å². The zero-order valence-corrected chi connectivity index (χ0v) is 19.4. The summed E-state index contributed by atoms with van der Waals surface area (Å²) in [4.78, 5) is 12.4. The molecule has 0 aliphatic heterocycles. The summed E-state index contributed by atoms with van der Waals surface area (Å²) in [6.07, 6.45) is 7.93. The van der Waals surface area contributed by atoms with Crippen molar-refractivity contribution in [1.29, 1.82) is 0 Å². The van der Waals surface area contributed by atoms with E-state index in [1.54, 1.807) is 0 Å². The van der Waals surface area contributed by atoms with Crippen molar-refractivity contribution >= 4 is 34.1 Å². The summed E-state index contributed by atoms with van der Waals surface area (Å²) < 4.78 is 2.09. The Morgan fingerprint density at radius 1 is 1.10 bits per heavy atom. The number of hydrogen-bond donors (Lipinski definition) is 1. The normalized spacial score (nSPS) is 14.6. The molecule has 1 N–H and O–H groups in total. The van der Waals surface area contributed by atoms with Crippen molar-refractivity contribution in [3.8, 4) is 0 Å². The minimum atomic E-state index is -0.0900. The van der Waals surface area contributed by atoms with Crippen LogP contribution < -0.4 is 5.32 Å². The largest absolute Gasteiger partial charge is 0.306 e. The summed E-state index contributed by atoms with van der Waals surface area (Å²) in [5.74, 6) is 1.64. The summed E-state index contributed by atoms with van der Waals surface area (Å²) in [6, 6.07) is 10.4. The first-order valence-electron chi connectivity index (χ1n) is 10.9.